The number of ether oxygens (including phenoxy) is 2. The molecule has 1 unspecified atom stereocenters. The van der Waals surface area contributed by atoms with Crippen molar-refractivity contribution >= 4 is 19.8 Å². The van der Waals surface area contributed by atoms with Crippen molar-refractivity contribution in [3.63, 3.8) is 0 Å². The summed E-state index contributed by atoms with van der Waals surface area (Å²) in [5.41, 5.74) is 0. The fourth-order valence-corrected chi connectivity index (χ4v) is 6.70. The monoisotopic (exact) mass is 836 g/mol. The van der Waals surface area contributed by atoms with Gasteiger partial charge >= 0.3 is 11.9 Å². The van der Waals surface area contributed by atoms with Gasteiger partial charge in [0.05, 0.1) is 27.7 Å². The van der Waals surface area contributed by atoms with Crippen molar-refractivity contribution in [2.24, 2.45) is 0 Å². The van der Waals surface area contributed by atoms with Crippen LogP contribution in [-0.2, 0) is 32.7 Å². The second kappa shape index (κ2) is 40.1. The Bertz CT molecular complexity index is 1170. The Hall–Kier alpha value is -2.29. The van der Waals surface area contributed by atoms with Gasteiger partial charge in [-0.05, 0) is 57.8 Å². The zero-order valence-electron chi connectivity index (χ0n) is 37.7. The highest BCUT2D eigenvalue weighted by Gasteiger charge is 2.21. The van der Waals surface area contributed by atoms with Crippen LogP contribution < -0.4 is 4.89 Å². The molecule has 0 heterocycles. The zero-order chi connectivity index (χ0) is 42.8. The average Bonchev–Trinajstić information content (AvgIpc) is 3.17. The van der Waals surface area contributed by atoms with Crippen LogP contribution in [0.3, 0.4) is 0 Å². The Labute approximate surface area is 356 Å². The number of phosphoric acid groups is 1. The first-order chi connectivity index (χ1) is 28.0. The molecular formula is C48H86NO8P. The summed E-state index contributed by atoms with van der Waals surface area (Å²) in [6.07, 6.45) is 48.2. The number of esters is 2. The highest BCUT2D eigenvalue weighted by molar-refractivity contribution is 7.45. The van der Waals surface area contributed by atoms with Gasteiger partial charge in [-0.25, -0.2) is 0 Å². The van der Waals surface area contributed by atoms with Gasteiger partial charge in [0.2, 0.25) is 0 Å². The van der Waals surface area contributed by atoms with Crippen LogP contribution in [0.15, 0.2) is 60.8 Å². The summed E-state index contributed by atoms with van der Waals surface area (Å²) in [5.74, 6) is -0.871. The van der Waals surface area contributed by atoms with Crippen LogP contribution in [0.1, 0.15) is 181 Å². The second-order valence-electron chi connectivity index (χ2n) is 16.4. The molecular weight excluding hydrogens is 750 g/mol. The van der Waals surface area contributed by atoms with E-state index in [2.05, 4.69) is 74.6 Å². The maximum absolute atomic E-state index is 12.7. The lowest BCUT2D eigenvalue weighted by molar-refractivity contribution is -0.870. The molecule has 0 aromatic rings. The molecule has 0 aromatic heterocycles. The van der Waals surface area contributed by atoms with E-state index in [1.165, 1.54) is 77.0 Å². The summed E-state index contributed by atoms with van der Waals surface area (Å²) >= 11 is 0. The molecule has 0 aliphatic heterocycles. The predicted molar refractivity (Wildman–Crippen MR) is 240 cm³/mol. The summed E-state index contributed by atoms with van der Waals surface area (Å²) in [6, 6.07) is 0. The van der Waals surface area contributed by atoms with E-state index >= 15 is 0 Å². The molecule has 0 radical (unpaired) electrons. The molecule has 0 rings (SSSR count). The standard InChI is InChI=1S/C48H86NO8P/c1-6-8-10-12-14-16-18-20-22-23-24-25-27-29-31-33-35-37-39-41-48(51)57-46(45-56-58(52,53)55-43-42-49(3,4)5)44-54-47(50)40-38-36-34-32-30-28-26-21-19-17-15-13-11-9-7-2/h8,10,14,16,20,22,24-25,29,31,46H,6-7,9,11-13,15,17-19,21,23,26-28,30,32-45H2,1-5H3/b10-8-,16-14-,22-20-,25-24-,31-29-/t46-/m1/s1. The van der Waals surface area contributed by atoms with Crippen molar-refractivity contribution in [3.8, 4) is 0 Å². The lowest BCUT2D eigenvalue weighted by Gasteiger charge is -2.28. The van der Waals surface area contributed by atoms with Crippen LogP contribution in [0.25, 0.3) is 0 Å². The minimum Gasteiger partial charge on any atom is -0.756 e. The SMILES string of the molecule is CC/C=C\C/C=C\C/C=C\C/C=C\C/C=C\CCCCCC(=O)O[C@H](COC(=O)CCCCCCCCCCCCCCCCC)COP(=O)([O-])OCC[N+](C)(C)C. The number of hydrogen-bond acceptors (Lipinski definition) is 8. The first kappa shape index (κ1) is 55.7. The van der Waals surface area contributed by atoms with Gasteiger partial charge in [-0.2, -0.15) is 0 Å². The number of carbonyl (C=O) groups is 2. The van der Waals surface area contributed by atoms with Gasteiger partial charge in [-0.15, -0.1) is 0 Å². The molecule has 0 amide bonds. The number of unbranched alkanes of at least 4 members (excludes halogenated alkanes) is 17. The molecule has 2 atom stereocenters. The molecule has 0 fully saturated rings. The van der Waals surface area contributed by atoms with Gasteiger partial charge in [0.1, 0.15) is 19.8 Å². The Morgan fingerprint density at radius 2 is 0.983 bits per heavy atom. The predicted octanol–water partition coefficient (Wildman–Crippen LogP) is 12.6. The average molecular weight is 836 g/mol. The van der Waals surface area contributed by atoms with Crippen molar-refractivity contribution in [2.45, 2.75) is 187 Å². The van der Waals surface area contributed by atoms with Crippen molar-refractivity contribution in [1.82, 2.24) is 0 Å². The van der Waals surface area contributed by atoms with Crippen LogP contribution in [0.4, 0.5) is 0 Å². The fraction of sp³-hybridized carbons (Fsp3) is 0.750. The number of carbonyl (C=O) groups excluding carboxylic acids is 2. The highest BCUT2D eigenvalue weighted by Crippen LogP contribution is 2.38. The Kier molecular flexibility index (Phi) is 38.5. The van der Waals surface area contributed by atoms with Crippen LogP contribution in [0.2, 0.25) is 0 Å². The van der Waals surface area contributed by atoms with Gasteiger partial charge in [0.25, 0.3) is 7.82 Å². The molecule has 0 spiro atoms. The maximum atomic E-state index is 12.7. The van der Waals surface area contributed by atoms with Crippen LogP contribution in [0.5, 0.6) is 0 Å². The molecule has 0 aliphatic rings. The topological polar surface area (TPSA) is 111 Å². The molecule has 0 N–H and O–H groups in total. The Morgan fingerprint density at radius 1 is 0.552 bits per heavy atom. The number of likely N-dealkylation sites (N-methyl/N-ethyl adjacent to an activating group) is 1. The van der Waals surface area contributed by atoms with Crippen LogP contribution in [-0.4, -0.2) is 70.0 Å². The van der Waals surface area contributed by atoms with Crippen LogP contribution >= 0.6 is 7.82 Å². The third-order valence-corrected chi connectivity index (χ3v) is 10.5. The molecule has 58 heavy (non-hydrogen) atoms. The van der Waals surface area contributed by atoms with Gasteiger partial charge in [0.15, 0.2) is 6.10 Å². The van der Waals surface area contributed by atoms with Gasteiger partial charge in [-0.3, -0.25) is 14.2 Å². The van der Waals surface area contributed by atoms with E-state index in [9.17, 15) is 19.0 Å². The Balaban J connectivity index is 4.40. The molecule has 0 aromatic carbocycles. The number of phosphoric ester groups is 1. The molecule has 0 bridgehead atoms. The molecule has 0 saturated carbocycles. The summed E-state index contributed by atoms with van der Waals surface area (Å²) < 4.78 is 33.9. The first-order valence-electron chi connectivity index (χ1n) is 23.0. The van der Waals surface area contributed by atoms with E-state index in [0.717, 1.165) is 70.6 Å². The van der Waals surface area contributed by atoms with Crippen molar-refractivity contribution in [2.75, 3.05) is 47.5 Å². The molecule has 9 nitrogen and oxygen atoms in total. The zero-order valence-corrected chi connectivity index (χ0v) is 38.6. The van der Waals surface area contributed by atoms with E-state index in [0.29, 0.717) is 17.4 Å². The lowest BCUT2D eigenvalue weighted by atomic mass is 10.0. The van der Waals surface area contributed by atoms with Gasteiger partial charge in [-0.1, -0.05) is 171 Å². The van der Waals surface area contributed by atoms with E-state index < -0.39 is 32.5 Å². The summed E-state index contributed by atoms with van der Waals surface area (Å²) in [5, 5.41) is 0. The van der Waals surface area contributed by atoms with Crippen molar-refractivity contribution in [3.05, 3.63) is 60.8 Å². The van der Waals surface area contributed by atoms with Crippen LogP contribution in [0, 0.1) is 0 Å². The minimum absolute atomic E-state index is 0.0391. The Morgan fingerprint density at radius 3 is 1.47 bits per heavy atom. The summed E-state index contributed by atoms with van der Waals surface area (Å²) in [4.78, 5) is 37.6. The molecule has 0 aliphatic carbocycles. The smallest absolute Gasteiger partial charge is 0.306 e. The number of quaternary nitrogens is 1. The van der Waals surface area contributed by atoms with Crippen molar-refractivity contribution in [1.29, 1.82) is 0 Å². The normalized spacial score (nSPS) is 14.1. The number of rotatable bonds is 41. The largest absolute Gasteiger partial charge is 0.756 e. The number of nitrogens with zero attached hydrogens (tertiary/aromatic N) is 1. The third-order valence-electron chi connectivity index (χ3n) is 9.55. The van der Waals surface area contributed by atoms with E-state index in [1.807, 2.05) is 21.1 Å². The fourth-order valence-electron chi connectivity index (χ4n) is 5.97. The van der Waals surface area contributed by atoms with E-state index in [-0.39, 0.29) is 26.1 Å². The molecule has 336 valence electrons. The number of hydrogen-bond donors (Lipinski definition) is 0. The highest BCUT2D eigenvalue weighted by atomic mass is 31.2. The van der Waals surface area contributed by atoms with Gasteiger partial charge in [0, 0.05) is 12.8 Å². The van der Waals surface area contributed by atoms with Crippen molar-refractivity contribution < 1.29 is 42.1 Å². The summed E-state index contributed by atoms with van der Waals surface area (Å²) in [6.45, 7) is 4.08. The van der Waals surface area contributed by atoms with E-state index in [4.69, 9.17) is 18.5 Å². The second-order valence-corrected chi connectivity index (χ2v) is 17.8. The molecule has 0 saturated heterocycles. The molecule has 10 heteroatoms. The third kappa shape index (κ3) is 43.3. The lowest BCUT2D eigenvalue weighted by Crippen LogP contribution is -2.37. The maximum Gasteiger partial charge on any atom is 0.306 e. The minimum atomic E-state index is -4.64. The quantitative estimate of drug-likeness (QED) is 0.0197. The summed E-state index contributed by atoms with van der Waals surface area (Å²) in [7, 11) is 1.14. The van der Waals surface area contributed by atoms with Gasteiger partial charge < -0.3 is 27.9 Å². The first-order valence-corrected chi connectivity index (χ1v) is 24.5. The number of allylic oxidation sites excluding steroid dienone is 10. The van der Waals surface area contributed by atoms with E-state index in [1.54, 1.807) is 0 Å².